The van der Waals surface area contributed by atoms with Crippen molar-refractivity contribution < 1.29 is 74.2 Å². The molecule has 0 saturated heterocycles. The van der Waals surface area contributed by atoms with Gasteiger partial charge in [0.05, 0.1) is 0 Å². The normalized spacial score (nSPS) is 11.1. The van der Waals surface area contributed by atoms with Crippen molar-refractivity contribution in [3.05, 3.63) is 48.0 Å². The summed E-state index contributed by atoms with van der Waals surface area (Å²) in [6.45, 7) is 2.23. The van der Waals surface area contributed by atoms with E-state index in [1.165, 1.54) is 62.6 Å². The van der Waals surface area contributed by atoms with Gasteiger partial charge in [-0.3, -0.25) is 4.55 Å². The number of hydrogen-bond donors (Lipinski definition) is 1. The zero-order chi connectivity index (χ0) is 20.4. The average molecular weight is 445 g/mol. The first-order chi connectivity index (χ1) is 13.4. The largest absolute Gasteiger partial charge is 1.00 e. The molecule has 0 heterocycles. The Morgan fingerprint density at radius 2 is 1.48 bits per heavy atom. The van der Waals surface area contributed by atoms with Gasteiger partial charge in [-0.1, -0.05) is 70.1 Å². The van der Waals surface area contributed by atoms with Gasteiger partial charge in [0, 0.05) is 0 Å². The van der Waals surface area contributed by atoms with Crippen molar-refractivity contribution in [3.63, 3.8) is 0 Å². The van der Waals surface area contributed by atoms with Crippen LogP contribution in [0.4, 0.5) is 0 Å². The molecule has 0 spiro atoms. The SMILES string of the molecule is CCCCCCCCCCc1ccc(Oc2ccc([O-])cc2S(=O)(=O)O)cc1.[K+]. The fraction of sp³-hybridized carbons (Fsp3) is 0.455. The van der Waals surface area contributed by atoms with E-state index in [9.17, 15) is 18.1 Å². The molecule has 0 aliphatic carbocycles. The summed E-state index contributed by atoms with van der Waals surface area (Å²) < 4.78 is 37.7. The Morgan fingerprint density at radius 3 is 2.07 bits per heavy atom. The van der Waals surface area contributed by atoms with Gasteiger partial charge < -0.3 is 9.84 Å². The fourth-order valence-electron chi connectivity index (χ4n) is 3.09. The monoisotopic (exact) mass is 444 g/mol. The maximum absolute atomic E-state index is 11.4. The molecule has 2 aromatic carbocycles. The molecular formula is C22H29KO5S. The predicted octanol–water partition coefficient (Wildman–Crippen LogP) is 2.49. The summed E-state index contributed by atoms with van der Waals surface area (Å²) in [4.78, 5) is -0.525. The maximum Gasteiger partial charge on any atom is 1.00 e. The van der Waals surface area contributed by atoms with Gasteiger partial charge in [-0.25, -0.2) is 0 Å². The first-order valence-corrected chi connectivity index (χ1v) is 11.4. The predicted molar refractivity (Wildman–Crippen MR) is 109 cm³/mol. The average Bonchev–Trinajstić information content (AvgIpc) is 2.66. The van der Waals surface area contributed by atoms with Crippen LogP contribution in [0.5, 0.6) is 17.2 Å². The van der Waals surface area contributed by atoms with Crippen molar-refractivity contribution in [1.82, 2.24) is 0 Å². The van der Waals surface area contributed by atoms with Gasteiger partial charge in [0.1, 0.15) is 16.4 Å². The van der Waals surface area contributed by atoms with E-state index in [1.54, 1.807) is 12.1 Å². The molecule has 7 heteroatoms. The van der Waals surface area contributed by atoms with Crippen LogP contribution in [0.1, 0.15) is 63.9 Å². The zero-order valence-corrected chi connectivity index (χ0v) is 21.3. The Balaban J connectivity index is 0.00000420. The molecule has 29 heavy (non-hydrogen) atoms. The summed E-state index contributed by atoms with van der Waals surface area (Å²) in [7, 11) is -4.53. The molecule has 0 bridgehead atoms. The maximum atomic E-state index is 11.4. The number of unbranched alkanes of at least 4 members (excludes halogenated alkanes) is 7. The Kier molecular flexibility index (Phi) is 12.7. The summed E-state index contributed by atoms with van der Waals surface area (Å²) in [5, 5.41) is 11.4. The van der Waals surface area contributed by atoms with E-state index in [-0.39, 0.29) is 57.1 Å². The molecule has 1 N–H and O–H groups in total. The van der Waals surface area contributed by atoms with Crippen molar-refractivity contribution >= 4 is 10.1 Å². The van der Waals surface area contributed by atoms with Crippen molar-refractivity contribution in [2.75, 3.05) is 0 Å². The molecule has 0 radical (unpaired) electrons. The molecule has 2 rings (SSSR count). The second-order valence-electron chi connectivity index (χ2n) is 7.05. The first kappa shape index (κ1) is 26.6. The third kappa shape index (κ3) is 9.96. The second kappa shape index (κ2) is 13.8. The Morgan fingerprint density at radius 1 is 0.897 bits per heavy atom. The van der Waals surface area contributed by atoms with E-state index in [4.69, 9.17) is 4.74 Å². The van der Waals surface area contributed by atoms with Crippen LogP contribution in [0.3, 0.4) is 0 Å². The molecule has 0 aromatic heterocycles. The summed E-state index contributed by atoms with van der Waals surface area (Å²) in [6.07, 6.45) is 11.2. The first-order valence-electron chi connectivity index (χ1n) is 9.95. The fourth-order valence-corrected chi connectivity index (χ4v) is 3.72. The van der Waals surface area contributed by atoms with Crippen molar-refractivity contribution in [2.24, 2.45) is 0 Å². The van der Waals surface area contributed by atoms with Crippen molar-refractivity contribution in [2.45, 2.75) is 69.6 Å². The van der Waals surface area contributed by atoms with Crippen LogP contribution < -0.4 is 61.2 Å². The number of hydrogen-bond acceptors (Lipinski definition) is 4. The number of aryl methyl sites for hydroxylation is 1. The van der Waals surface area contributed by atoms with E-state index in [0.717, 1.165) is 18.9 Å². The minimum Gasteiger partial charge on any atom is -0.872 e. The standard InChI is InChI=1S/C22H30O5S.K/c1-2-3-4-5-6-7-8-9-10-18-11-14-20(15-12-18)27-21-16-13-19(23)17-22(21)28(24,25)26;/h11-17,23H,2-10H2,1H3,(H,24,25,26);/q;+1/p-1. The summed E-state index contributed by atoms with van der Waals surface area (Å²) in [5.74, 6) is -0.137. The van der Waals surface area contributed by atoms with Crippen LogP contribution in [-0.2, 0) is 16.5 Å². The van der Waals surface area contributed by atoms with Crippen LogP contribution in [0.15, 0.2) is 47.4 Å². The Hall–Kier alpha value is -0.414. The number of ether oxygens (including phenoxy) is 1. The molecule has 154 valence electrons. The zero-order valence-electron chi connectivity index (χ0n) is 17.4. The molecular weight excluding hydrogens is 415 g/mol. The smallest absolute Gasteiger partial charge is 0.872 e. The number of rotatable bonds is 12. The van der Waals surface area contributed by atoms with Gasteiger partial charge in [-0.15, -0.1) is 5.75 Å². The summed E-state index contributed by atoms with van der Waals surface area (Å²) in [6, 6.07) is 10.7. The molecule has 0 fully saturated rings. The minimum absolute atomic E-state index is 0. The van der Waals surface area contributed by atoms with Crippen LogP contribution in [0.25, 0.3) is 0 Å². The molecule has 0 atom stereocenters. The van der Waals surface area contributed by atoms with Crippen LogP contribution in [0, 0.1) is 0 Å². The summed E-state index contributed by atoms with van der Waals surface area (Å²) in [5.41, 5.74) is 1.20. The van der Waals surface area contributed by atoms with Gasteiger partial charge >= 0.3 is 51.4 Å². The van der Waals surface area contributed by atoms with Crippen LogP contribution >= 0.6 is 0 Å². The minimum atomic E-state index is -4.53. The van der Waals surface area contributed by atoms with E-state index in [1.807, 2.05) is 12.1 Å². The van der Waals surface area contributed by atoms with Gasteiger partial charge in [0.25, 0.3) is 10.1 Å². The van der Waals surface area contributed by atoms with E-state index < -0.39 is 20.8 Å². The quantitative estimate of drug-likeness (QED) is 0.309. The van der Waals surface area contributed by atoms with E-state index >= 15 is 0 Å². The molecule has 0 aliphatic heterocycles. The second-order valence-corrected chi connectivity index (χ2v) is 8.44. The van der Waals surface area contributed by atoms with Gasteiger partial charge in [0.15, 0.2) is 0 Å². The summed E-state index contributed by atoms with van der Waals surface area (Å²) >= 11 is 0. The molecule has 0 aliphatic rings. The van der Waals surface area contributed by atoms with Crippen LogP contribution in [0.2, 0.25) is 0 Å². The topological polar surface area (TPSA) is 86.7 Å². The van der Waals surface area contributed by atoms with Crippen molar-refractivity contribution in [1.29, 1.82) is 0 Å². The van der Waals surface area contributed by atoms with E-state index in [2.05, 4.69) is 6.92 Å². The third-order valence-electron chi connectivity index (χ3n) is 4.66. The van der Waals surface area contributed by atoms with Gasteiger partial charge in [-0.2, -0.15) is 8.42 Å². The Labute approximate surface area is 217 Å². The Bertz CT molecular complexity index is 835. The molecule has 5 nitrogen and oxygen atoms in total. The van der Waals surface area contributed by atoms with Gasteiger partial charge in [-0.05, 0) is 42.7 Å². The van der Waals surface area contributed by atoms with E-state index in [0.29, 0.717) is 5.75 Å². The van der Waals surface area contributed by atoms with Gasteiger partial charge in [0.2, 0.25) is 0 Å². The van der Waals surface area contributed by atoms with Crippen LogP contribution in [-0.4, -0.2) is 13.0 Å². The third-order valence-corrected chi connectivity index (χ3v) is 5.54. The number of benzene rings is 2. The molecule has 2 aromatic rings. The van der Waals surface area contributed by atoms with Crippen molar-refractivity contribution in [3.8, 4) is 17.2 Å². The molecule has 0 amide bonds. The molecule has 0 unspecified atom stereocenters. The molecule has 0 saturated carbocycles.